The van der Waals surface area contributed by atoms with Crippen molar-refractivity contribution in [3.8, 4) is 0 Å². The van der Waals surface area contributed by atoms with E-state index in [2.05, 4.69) is 11.0 Å². The molecule has 1 aromatic carbocycles. The molecule has 0 bridgehead atoms. The maximum Gasteiger partial charge on any atom is 0.161 e. The Hall–Kier alpha value is -1.02. The average Bonchev–Trinajstić information content (AvgIpc) is 2.46. The van der Waals surface area contributed by atoms with Gasteiger partial charge in [0, 0.05) is 23.8 Å². The largest absolute Gasteiger partial charge is 0.368 e. The van der Waals surface area contributed by atoms with Gasteiger partial charge in [-0.1, -0.05) is 24.4 Å². The Morgan fingerprint density at radius 3 is 2.70 bits per heavy atom. The molecule has 2 aliphatic rings. The molecule has 1 saturated heterocycles. The van der Waals surface area contributed by atoms with Crippen LogP contribution in [0.25, 0.3) is 0 Å². The minimum Gasteiger partial charge on any atom is -0.368 e. The molecule has 0 spiro atoms. The van der Waals surface area contributed by atoms with Gasteiger partial charge in [0.25, 0.3) is 0 Å². The van der Waals surface area contributed by atoms with Crippen molar-refractivity contribution in [3.05, 3.63) is 28.8 Å². The number of carbonyl (C=O) groups excluding carboxylic acids is 1. The lowest BCUT2D eigenvalue weighted by molar-refractivity contribution is 0.101. The first kappa shape index (κ1) is 13.9. The summed E-state index contributed by atoms with van der Waals surface area (Å²) in [5, 5.41) is 0.591. The third-order valence-corrected chi connectivity index (χ3v) is 5.22. The second kappa shape index (κ2) is 5.77. The summed E-state index contributed by atoms with van der Waals surface area (Å²) in [6.45, 7) is 2.69. The van der Waals surface area contributed by atoms with Gasteiger partial charge >= 0.3 is 0 Å². The fraction of sp³-hybridized carbons (Fsp3) is 0.588. The molecule has 20 heavy (non-hydrogen) atoms. The first-order valence-corrected chi connectivity index (χ1v) is 8.12. The third kappa shape index (κ3) is 2.58. The Morgan fingerprint density at radius 1 is 1.20 bits per heavy atom. The normalized spacial score (nSPS) is 26.2. The highest BCUT2D eigenvalue weighted by molar-refractivity contribution is 6.34. The van der Waals surface area contributed by atoms with Gasteiger partial charge in [0.2, 0.25) is 0 Å². The van der Waals surface area contributed by atoms with E-state index in [4.69, 9.17) is 11.6 Å². The molecule has 1 aliphatic heterocycles. The summed E-state index contributed by atoms with van der Waals surface area (Å²) in [5.74, 6) is 0.888. The molecule has 0 amide bonds. The van der Waals surface area contributed by atoms with Gasteiger partial charge in [0.05, 0.1) is 5.02 Å². The van der Waals surface area contributed by atoms with E-state index >= 15 is 0 Å². The number of halogens is 1. The quantitative estimate of drug-likeness (QED) is 0.736. The minimum absolute atomic E-state index is 0.0377. The highest BCUT2D eigenvalue weighted by Gasteiger charge is 2.33. The van der Waals surface area contributed by atoms with Crippen molar-refractivity contribution in [2.24, 2.45) is 5.92 Å². The number of ketones is 1. The van der Waals surface area contributed by atoms with E-state index < -0.39 is 0 Å². The van der Waals surface area contributed by atoms with Crippen molar-refractivity contribution < 1.29 is 4.79 Å². The van der Waals surface area contributed by atoms with Gasteiger partial charge in [-0.3, -0.25) is 4.79 Å². The highest BCUT2D eigenvalue weighted by atomic mass is 35.5. The zero-order valence-corrected chi connectivity index (χ0v) is 12.8. The number of fused-ring (bicyclic) bond motifs is 1. The van der Waals surface area contributed by atoms with Gasteiger partial charge in [-0.15, -0.1) is 0 Å². The zero-order chi connectivity index (χ0) is 14.1. The van der Waals surface area contributed by atoms with E-state index in [-0.39, 0.29) is 5.78 Å². The first-order valence-electron chi connectivity index (χ1n) is 7.74. The van der Waals surface area contributed by atoms with Crippen LogP contribution in [-0.2, 0) is 0 Å². The summed E-state index contributed by atoms with van der Waals surface area (Å²) >= 11 is 6.27. The number of carbonyl (C=O) groups is 1. The van der Waals surface area contributed by atoms with Crippen LogP contribution in [0.3, 0.4) is 0 Å². The Morgan fingerprint density at radius 2 is 1.95 bits per heavy atom. The van der Waals surface area contributed by atoms with Gasteiger partial charge in [0.1, 0.15) is 0 Å². The van der Waals surface area contributed by atoms with E-state index in [1.54, 1.807) is 6.92 Å². The number of nitrogens with zero attached hydrogens (tertiary/aromatic N) is 1. The summed E-state index contributed by atoms with van der Waals surface area (Å²) < 4.78 is 0. The monoisotopic (exact) mass is 291 g/mol. The highest BCUT2D eigenvalue weighted by Crippen LogP contribution is 2.38. The van der Waals surface area contributed by atoms with Crippen molar-refractivity contribution in [1.82, 2.24) is 0 Å². The minimum atomic E-state index is 0.0377. The van der Waals surface area contributed by atoms with Crippen LogP contribution in [0.1, 0.15) is 55.8 Å². The van der Waals surface area contributed by atoms with Crippen LogP contribution in [0.5, 0.6) is 0 Å². The fourth-order valence-electron chi connectivity index (χ4n) is 3.91. The Kier molecular flexibility index (Phi) is 4.02. The van der Waals surface area contributed by atoms with Crippen LogP contribution < -0.4 is 4.90 Å². The van der Waals surface area contributed by atoms with Crippen LogP contribution in [-0.4, -0.2) is 18.4 Å². The Labute approximate surface area is 126 Å². The molecule has 1 heterocycles. The van der Waals surface area contributed by atoms with Crippen molar-refractivity contribution >= 4 is 23.1 Å². The summed E-state index contributed by atoms with van der Waals surface area (Å²) in [7, 11) is 0. The topological polar surface area (TPSA) is 20.3 Å². The Bertz CT molecular complexity index is 512. The second-order valence-electron chi connectivity index (χ2n) is 6.17. The van der Waals surface area contributed by atoms with Crippen LogP contribution in [0.4, 0.5) is 5.69 Å². The molecule has 1 saturated carbocycles. The van der Waals surface area contributed by atoms with Gasteiger partial charge in [0.15, 0.2) is 5.78 Å². The second-order valence-corrected chi connectivity index (χ2v) is 6.58. The van der Waals surface area contributed by atoms with E-state index in [9.17, 15) is 4.79 Å². The lowest BCUT2D eigenvalue weighted by atomic mass is 9.78. The van der Waals surface area contributed by atoms with E-state index in [0.29, 0.717) is 16.6 Å². The molecule has 1 aromatic rings. The average molecular weight is 292 g/mol. The van der Waals surface area contributed by atoms with Crippen molar-refractivity contribution in [2.45, 2.75) is 51.5 Å². The van der Waals surface area contributed by atoms with Crippen LogP contribution in [0.15, 0.2) is 18.2 Å². The molecule has 0 aromatic heterocycles. The van der Waals surface area contributed by atoms with Crippen molar-refractivity contribution in [3.63, 3.8) is 0 Å². The van der Waals surface area contributed by atoms with E-state index in [0.717, 1.165) is 12.5 Å². The molecule has 108 valence electrons. The third-order valence-electron chi connectivity index (χ3n) is 4.91. The molecule has 3 heteroatoms. The molecule has 2 fully saturated rings. The predicted molar refractivity (Wildman–Crippen MR) is 83.8 cm³/mol. The lowest BCUT2D eigenvalue weighted by Gasteiger charge is -2.45. The number of hydrogen-bond acceptors (Lipinski definition) is 2. The summed E-state index contributed by atoms with van der Waals surface area (Å²) in [6.07, 6.45) is 8.06. The molecule has 2 unspecified atom stereocenters. The molecule has 0 radical (unpaired) electrons. The SMILES string of the molecule is CC(=O)c1ccc(N2CCCC3CCCCC32)cc1Cl. The van der Waals surface area contributed by atoms with Gasteiger partial charge < -0.3 is 4.90 Å². The first-order chi connectivity index (χ1) is 9.66. The molecule has 3 rings (SSSR count). The number of rotatable bonds is 2. The smallest absolute Gasteiger partial charge is 0.161 e. The van der Waals surface area contributed by atoms with Gasteiger partial charge in [-0.2, -0.15) is 0 Å². The zero-order valence-electron chi connectivity index (χ0n) is 12.1. The number of Topliss-reactive ketones (excluding diaryl/α,β-unsaturated/α-hetero) is 1. The fourth-order valence-corrected chi connectivity index (χ4v) is 4.22. The standard InChI is InChI=1S/C17H22ClNO/c1-12(20)15-9-8-14(11-16(15)18)19-10-4-6-13-5-2-3-7-17(13)19/h8-9,11,13,17H,2-7,10H2,1H3. The molecule has 0 N–H and O–H groups in total. The van der Waals surface area contributed by atoms with Gasteiger partial charge in [-0.05, 0) is 56.7 Å². The molecule has 2 nitrogen and oxygen atoms in total. The summed E-state index contributed by atoms with van der Waals surface area (Å²) in [4.78, 5) is 14.0. The predicted octanol–water partition coefficient (Wildman–Crippen LogP) is 4.70. The lowest BCUT2D eigenvalue weighted by Crippen LogP contribution is -2.46. The van der Waals surface area contributed by atoms with E-state index in [1.807, 2.05) is 12.1 Å². The van der Waals surface area contributed by atoms with E-state index in [1.165, 1.54) is 44.2 Å². The van der Waals surface area contributed by atoms with Gasteiger partial charge in [-0.25, -0.2) is 0 Å². The molecule has 2 atom stereocenters. The van der Waals surface area contributed by atoms with Crippen molar-refractivity contribution in [2.75, 3.05) is 11.4 Å². The maximum absolute atomic E-state index is 11.5. The Balaban J connectivity index is 1.87. The number of benzene rings is 1. The number of piperidine rings is 1. The van der Waals surface area contributed by atoms with Crippen molar-refractivity contribution in [1.29, 1.82) is 0 Å². The molecular formula is C17H22ClNO. The number of anilines is 1. The molecule has 1 aliphatic carbocycles. The molecular weight excluding hydrogens is 270 g/mol. The maximum atomic E-state index is 11.5. The summed E-state index contributed by atoms with van der Waals surface area (Å²) in [6, 6.07) is 6.61. The van der Waals surface area contributed by atoms with Crippen LogP contribution >= 0.6 is 11.6 Å². The van der Waals surface area contributed by atoms with Crippen LogP contribution in [0, 0.1) is 5.92 Å². The number of hydrogen-bond donors (Lipinski definition) is 0. The van der Waals surface area contributed by atoms with Crippen LogP contribution in [0.2, 0.25) is 5.02 Å². The summed E-state index contributed by atoms with van der Waals surface area (Å²) in [5.41, 5.74) is 1.82.